The Morgan fingerprint density at radius 1 is 1.33 bits per heavy atom. The van der Waals surface area contributed by atoms with Crippen LogP contribution in [0, 0.1) is 0 Å². The van der Waals surface area contributed by atoms with Gasteiger partial charge in [-0.1, -0.05) is 34.6 Å². The first kappa shape index (κ1) is 17.4. The molecule has 2 bridgehead atoms. The first-order valence-corrected chi connectivity index (χ1v) is 8.83. The van der Waals surface area contributed by atoms with Crippen LogP contribution < -0.4 is 0 Å². The molecule has 24 heavy (non-hydrogen) atoms. The second-order valence-corrected chi connectivity index (χ2v) is 8.28. The van der Waals surface area contributed by atoms with E-state index in [4.69, 9.17) is 9.47 Å². The van der Waals surface area contributed by atoms with E-state index in [-0.39, 0.29) is 11.9 Å². The topological polar surface area (TPSA) is 52.6 Å². The van der Waals surface area contributed by atoms with Crippen molar-refractivity contribution in [3.05, 3.63) is 46.5 Å². The molecule has 0 amide bonds. The third-order valence-corrected chi connectivity index (χ3v) is 5.00. The molecule has 0 aromatic heterocycles. The number of ether oxygens (including phenoxy) is 2. The van der Waals surface area contributed by atoms with Gasteiger partial charge in [0.1, 0.15) is 5.60 Å². The van der Waals surface area contributed by atoms with E-state index in [1.54, 1.807) is 20.8 Å². The summed E-state index contributed by atoms with van der Waals surface area (Å²) in [6, 6.07) is 7.56. The smallest absolute Gasteiger partial charge is 0.347 e. The lowest BCUT2D eigenvalue weighted by molar-refractivity contribution is -0.190. The van der Waals surface area contributed by atoms with Gasteiger partial charge in [0.25, 0.3) is 0 Å². The zero-order valence-electron chi connectivity index (χ0n) is 14.1. The molecule has 1 aromatic rings. The predicted octanol–water partition coefficient (Wildman–Crippen LogP) is 3.93. The van der Waals surface area contributed by atoms with Gasteiger partial charge in [-0.25, -0.2) is 4.79 Å². The number of benzene rings is 1. The van der Waals surface area contributed by atoms with Crippen LogP contribution in [0.4, 0.5) is 0 Å². The summed E-state index contributed by atoms with van der Waals surface area (Å²) in [5, 5.41) is 0. The highest BCUT2D eigenvalue weighted by molar-refractivity contribution is 9.10. The minimum absolute atomic E-state index is 0.223. The van der Waals surface area contributed by atoms with Gasteiger partial charge in [0.2, 0.25) is 5.60 Å². The molecule has 0 saturated carbocycles. The van der Waals surface area contributed by atoms with E-state index in [1.165, 1.54) is 0 Å². The summed E-state index contributed by atoms with van der Waals surface area (Å²) in [4.78, 5) is 25.8. The molecular weight excluding hydrogens is 372 g/mol. The zero-order chi connectivity index (χ0) is 17.7. The first-order chi connectivity index (χ1) is 11.1. The van der Waals surface area contributed by atoms with Gasteiger partial charge in [0.15, 0.2) is 5.78 Å². The lowest BCUT2D eigenvalue weighted by Gasteiger charge is -2.35. The number of halogens is 1. The Hall–Kier alpha value is -1.46. The minimum atomic E-state index is -1.61. The largest absolute Gasteiger partial charge is 0.457 e. The van der Waals surface area contributed by atoms with Gasteiger partial charge in [0.05, 0.1) is 12.0 Å². The lowest BCUT2D eigenvalue weighted by Crippen LogP contribution is -2.54. The van der Waals surface area contributed by atoms with E-state index in [0.717, 1.165) is 15.6 Å². The Morgan fingerprint density at radius 2 is 1.96 bits per heavy atom. The van der Waals surface area contributed by atoms with E-state index in [1.807, 2.05) is 24.3 Å². The van der Waals surface area contributed by atoms with Crippen molar-refractivity contribution in [1.82, 2.24) is 0 Å². The Morgan fingerprint density at radius 3 is 2.54 bits per heavy atom. The molecular formula is C19H21BrO4. The number of hydrogen-bond acceptors (Lipinski definition) is 4. The van der Waals surface area contributed by atoms with Crippen molar-refractivity contribution in [3.63, 3.8) is 0 Å². The maximum Gasteiger partial charge on any atom is 0.347 e. The normalized spacial score (nSPS) is 29.7. The maximum atomic E-state index is 13.0. The second-order valence-electron chi connectivity index (χ2n) is 7.37. The number of hydrogen-bond donors (Lipinski definition) is 0. The average Bonchev–Trinajstić information content (AvgIpc) is 2.73. The molecule has 5 heteroatoms. The molecule has 0 unspecified atom stereocenters. The Balaban J connectivity index is 2.10. The van der Waals surface area contributed by atoms with E-state index in [0.29, 0.717) is 12.8 Å². The standard InChI is InChI=1S/C19H21BrO4/c1-11-14-9-10-15(21)19(23-14,17(22)24-18(2,3)4)16(11)12-5-7-13(20)8-6-12/h5-8,14,16H,1,9-10H2,2-4H3/t14-,16+,19+/m1/s1. The summed E-state index contributed by atoms with van der Waals surface area (Å²) in [6.07, 6.45) is 0.578. The lowest BCUT2D eigenvalue weighted by atomic mass is 9.77. The van der Waals surface area contributed by atoms with Crippen LogP contribution in [0.1, 0.15) is 45.1 Å². The van der Waals surface area contributed by atoms with Gasteiger partial charge >= 0.3 is 5.97 Å². The maximum absolute atomic E-state index is 13.0. The van der Waals surface area contributed by atoms with Gasteiger partial charge in [-0.05, 0) is 50.5 Å². The number of esters is 1. The number of rotatable bonds is 2. The summed E-state index contributed by atoms with van der Waals surface area (Å²) in [5.41, 5.74) is -0.696. The molecule has 2 fully saturated rings. The number of carbonyl (C=O) groups excluding carboxylic acids is 2. The fourth-order valence-electron chi connectivity index (χ4n) is 3.47. The zero-order valence-corrected chi connectivity index (χ0v) is 15.7. The van der Waals surface area contributed by atoms with E-state index in [2.05, 4.69) is 22.5 Å². The highest BCUT2D eigenvalue weighted by atomic mass is 79.9. The molecule has 2 heterocycles. The van der Waals surface area contributed by atoms with Crippen LogP contribution in [0.3, 0.4) is 0 Å². The van der Waals surface area contributed by atoms with Crippen molar-refractivity contribution in [2.24, 2.45) is 0 Å². The minimum Gasteiger partial charge on any atom is -0.457 e. The van der Waals surface area contributed by atoms with Gasteiger partial charge in [-0.3, -0.25) is 4.79 Å². The van der Waals surface area contributed by atoms with Crippen LogP contribution in [0.5, 0.6) is 0 Å². The van der Waals surface area contributed by atoms with Crippen LogP contribution in [-0.4, -0.2) is 29.1 Å². The molecule has 0 radical (unpaired) electrons. The van der Waals surface area contributed by atoms with Gasteiger partial charge < -0.3 is 9.47 Å². The van der Waals surface area contributed by atoms with Crippen molar-refractivity contribution in [2.45, 2.75) is 56.8 Å². The predicted molar refractivity (Wildman–Crippen MR) is 93.7 cm³/mol. The highest BCUT2D eigenvalue weighted by Crippen LogP contribution is 2.52. The Kier molecular flexibility index (Phi) is 4.21. The van der Waals surface area contributed by atoms with Gasteiger partial charge in [-0.15, -0.1) is 0 Å². The average molecular weight is 393 g/mol. The van der Waals surface area contributed by atoms with Crippen LogP contribution in [0.15, 0.2) is 40.9 Å². The third kappa shape index (κ3) is 2.74. The summed E-state index contributed by atoms with van der Waals surface area (Å²) < 4.78 is 12.5. The molecule has 2 aliphatic heterocycles. The van der Waals surface area contributed by atoms with E-state index >= 15 is 0 Å². The molecule has 3 atom stereocenters. The fraction of sp³-hybridized carbons (Fsp3) is 0.474. The summed E-state index contributed by atoms with van der Waals surface area (Å²) in [5.74, 6) is -1.35. The van der Waals surface area contributed by atoms with Gasteiger partial charge in [0, 0.05) is 10.9 Å². The highest BCUT2D eigenvalue weighted by Gasteiger charge is 2.65. The molecule has 4 nitrogen and oxygen atoms in total. The number of ketones is 1. The molecule has 0 spiro atoms. The molecule has 0 N–H and O–H groups in total. The SMILES string of the molecule is C=C1[C@H]2CCC(=O)[C@](C(=O)OC(C)(C)C)(O2)[C@@H]1c1ccc(Br)cc1. The van der Waals surface area contributed by atoms with Crippen molar-refractivity contribution in [2.75, 3.05) is 0 Å². The first-order valence-electron chi connectivity index (χ1n) is 8.04. The molecule has 128 valence electrons. The number of carbonyl (C=O) groups is 2. The number of Topliss-reactive ketones (excluding diaryl/α,β-unsaturated/α-hetero) is 1. The Bertz CT molecular complexity index is 701. The Labute approximate surface area is 150 Å². The molecule has 1 aromatic carbocycles. The molecule has 2 aliphatic rings. The van der Waals surface area contributed by atoms with Gasteiger partial charge in [-0.2, -0.15) is 0 Å². The van der Waals surface area contributed by atoms with E-state index in [9.17, 15) is 9.59 Å². The van der Waals surface area contributed by atoms with Crippen molar-refractivity contribution in [1.29, 1.82) is 0 Å². The van der Waals surface area contributed by atoms with Crippen molar-refractivity contribution >= 4 is 27.7 Å². The quantitative estimate of drug-likeness (QED) is 0.434. The fourth-order valence-corrected chi connectivity index (χ4v) is 3.74. The van der Waals surface area contributed by atoms with E-state index < -0.39 is 23.1 Å². The monoisotopic (exact) mass is 392 g/mol. The molecule has 2 saturated heterocycles. The summed E-state index contributed by atoms with van der Waals surface area (Å²) >= 11 is 3.41. The van der Waals surface area contributed by atoms with Crippen LogP contribution in [0.25, 0.3) is 0 Å². The second kappa shape index (κ2) is 5.81. The van der Waals surface area contributed by atoms with Crippen LogP contribution in [0.2, 0.25) is 0 Å². The summed E-state index contributed by atoms with van der Waals surface area (Å²) in [6.45, 7) is 9.49. The molecule has 3 rings (SSSR count). The van der Waals surface area contributed by atoms with Crippen molar-refractivity contribution < 1.29 is 19.1 Å². The number of fused-ring (bicyclic) bond motifs is 2. The van der Waals surface area contributed by atoms with Crippen molar-refractivity contribution in [3.8, 4) is 0 Å². The third-order valence-electron chi connectivity index (χ3n) is 4.47. The molecule has 0 aliphatic carbocycles. The van der Waals surface area contributed by atoms with Crippen LogP contribution in [-0.2, 0) is 19.1 Å². The van der Waals surface area contributed by atoms with Crippen LogP contribution >= 0.6 is 15.9 Å². The summed E-state index contributed by atoms with van der Waals surface area (Å²) in [7, 11) is 0.